The molecule has 0 atom stereocenters. The smallest absolute Gasteiger partial charge is 0.421 e. The van der Waals surface area contributed by atoms with E-state index in [1.165, 1.54) is 11.9 Å². The number of nitrogens with zero attached hydrogens (tertiary/aromatic N) is 3. The van der Waals surface area contributed by atoms with Crippen molar-refractivity contribution in [2.24, 2.45) is 0 Å². The van der Waals surface area contributed by atoms with Gasteiger partial charge in [-0.2, -0.15) is 18.2 Å². The number of rotatable bonds is 10. The predicted octanol–water partition coefficient (Wildman–Crippen LogP) is 5.62. The number of alkyl halides is 3. The van der Waals surface area contributed by atoms with Gasteiger partial charge in [-0.05, 0) is 25.5 Å². The van der Waals surface area contributed by atoms with Crippen LogP contribution < -0.4 is 14.4 Å². The molecule has 0 aliphatic heterocycles. The SMILES string of the molecule is CCCCCCOc1ccccc1N(C)c1nc(OCC)ncc1C(F)(F)F. The second-order valence-electron chi connectivity index (χ2n) is 6.26. The Morgan fingerprint density at radius 1 is 1.04 bits per heavy atom. The molecule has 0 N–H and O–H groups in total. The quantitative estimate of drug-likeness (QED) is 0.487. The normalized spacial score (nSPS) is 11.4. The molecule has 0 bridgehead atoms. The van der Waals surface area contributed by atoms with Crippen molar-refractivity contribution in [1.29, 1.82) is 0 Å². The van der Waals surface area contributed by atoms with Crippen LogP contribution in [0.1, 0.15) is 45.1 Å². The Hall–Kier alpha value is -2.51. The molecule has 0 aliphatic rings. The molecule has 0 fully saturated rings. The summed E-state index contributed by atoms with van der Waals surface area (Å²) < 4.78 is 51.5. The van der Waals surface area contributed by atoms with Gasteiger partial charge in [0.1, 0.15) is 11.3 Å². The number of anilines is 2. The van der Waals surface area contributed by atoms with Gasteiger partial charge >= 0.3 is 12.2 Å². The van der Waals surface area contributed by atoms with Crippen LogP contribution in [0.2, 0.25) is 0 Å². The fourth-order valence-electron chi connectivity index (χ4n) is 2.69. The molecule has 154 valence electrons. The average Bonchev–Trinajstić information content (AvgIpc) is 2.67. The number of halogens is 3. The Balaban J connectivity index is 2.32. The van der Waals surface area contributed by atoms with Gasteiger partial charge in [-0.3, -0.25) is 0 Å². The van der Waals surface area contributed by atoms with Crippen LogP contribution in [0.4, 0.5) is 24.7 Å². The van der Waals surface area contributed by atoms with Crippen LogP contribution in [-0.4, -0.2) is 30.2 Å². The van der Waals surface area contributed by atoms with E-state index < -0.39 is 11.7 Å². The Kier molecular flexibility index (Phi) is 7.90. The molecule has 0 saturated heterocycles. The molecule has 2 aromatic rings. The van der Waals surface area contributed by atoms with Crippen molar-refractivity contribution >= 4 is 11.5 Å². The van der Waals surface area contributed by atoms with Crippen molar-refractivity contribution in [3.05, 3.63) is 36.0 Å². The lowest BCUT2D eigenvalue weighted by Crippen LogP contribution is -2.20. The molecule has 0 saturated carbocycles. The lowest BCUT2D eigenvalue weighted by molar-refractivity contribution is -0.137. The van der Waals surface area contributed by atoms with Crippen LogP contribution in [0, 0.1) is 0 Å². The first-order valence-corrected chi connectivity index (χ1v) is 9.41. The van der Waals surface area contributed by atoms with Gasteiger partial charge in [-0.1, -0.05) is 38.3 Å². The first-order valence-electron chi connectivity index (χ1n) is 9.41. The summed E-state index contributed by atoms with van der Waals surface area (Å²) in [6.45, 7) is 4.60. The van der Waals surface area contributed by atoms with E-state index >= 15 is 0 Å². The highest BCUT2D eigenvalue weighted by molar-refractivity contribution is 5.68. The molecule has 0 aliphatic carbocycles. The van der Waals surface area contributed by atoms with Gasteiger partial charge in [-0.15, -0.1) is 0 Å². The molecule has 0 spiro atoms. The fourth-order valence-corrected chi connectivity index (χ4v) is 2.69. The van der Waals surface area contributed by atoms with E-state index in [1.807, 2.05) is 0 Å². The van der Waals surface area contributed by atoms with Gasteiger partial charge in [0.2, 0.25) is 0 Å². The third-order valence-electron chi connectivity index (χ3n) is 4.13. The highest BCUT2D eigenvalue weighted by Gasteiger charge is 2.37. The van der Waals surface area contributed by atoms with Crippen LogP contribution in [0.25, 0.3) is 0 Å². The molecular formula is C20H26F3N3O2. The first-order chi connectivity index (χ1) is 13.4. The van der Waals surface area contributed by atoms with Gasteiger partial charge in [0, 0.05) is 13.2 Å². The predicted molar refractivity (Wildman–Crippen MR) is 102 cm³/mol. The van der Waals surface area contributed by atoms with E-state index in [1.54, 1.807) is 31.2 Å². The summed E-state index contributed by atoms with van der Waals surface area (Å²) in [6.07, 6.45) is 0.344. The summed E-state index contributed by atoms with van der Waals surface area (Å²) in [7, 11) is 1.52. The van der Waals surface area contributed by atoms with E-state index in [9.17, 15) is 13.2 Å². The second kappa shape index (κ2) is 10.1. The summed E-state index contributed by atoms with van der Waals surface area (Å²) >= 11 is 0. The van der Waals surface area contributed by atoms with Crippen LogP contribution in [-0.2, 0) is 6.18 Å². The second-order valence-corrected chi connectivity index (χ2v) is 6.26. The van der Waals surface area contributed by atoms with Crippen molar-refractivity contribution in [3.63, 3.8) is 0 Å². The fraction of sp³-hybridized carbons (Fsp3) is 0.500. The number of hydrogen-bond donors (Lipinski definition) is 0. The zero-order valence-corrected chi connectivity index (χ0v) is 16.4. The van der Waals surface area contributed by atoms with Crippen molar-refractivity contribution in [2.75, 3.05) is 25.2 Å². The molecular weight excluding hydrogens is 371 g/mol. The topological polar surface area (TPSA) is 47.5 Å². The standard InChI is InChI=1S/C20H26F3N3O2/c1-4-6-7-10-13-28-17-12-9-8-11-16(17)26(3)18-15(20(21,22)23)14-24-19(25-18)27-5-2/h8-9,11-12,14H,4-7,10,13H2,1-3H3. The maximum absolute atomic E-state index is 13.5. The molecule has 28 heavy (non-hydrogen) atoms. The van der Waals surface area contributed by atoms with Gasteiger partial charge in [0.05, 0.1) is 18.9 Å². The maximum Gasteiger partial charge on any atom is 0.421 e. The minimum absolute atomic E-state index is 0.102. The third-order valence-corrected chi connectivity index (χ3v) is 4.13. The average molecular weight is 397 g/mol. The molecule has 1 heterocycles. The monoisotopic (exact) mass is 397 g/mol. The lowest BCUT2D eigenvalue weighted by Gasteiger charge is -2.24. The third kappa shape index (κ3) is 5.74. The number of unbranched alkanes of at least 4 members (excludes halogenated alkanes) is 3. The van der Waals surface area contributed by atoms with Crippen molar-refractivity contribution < 1.29 is 22.6 Å². The molecule has 0 amide bonds. The molecule has 1 aromatic heterocycles. The lowest BCUT2D eigenvalue weighted by atomic mass is 10.2. The molecule has 1 aromatic carbocycles. The Bertz CT molecular complexity index is 754. The number of para-hydroxylation sites is 2. The van der Waals surface area contributed by atoms with Crippen LogP contribution in [0.3, 0.4) is 0 Å². The van der Waals surface area contributed by atoms with Crippen molar-refractivity contribution in [2.45, 2.75) is 45.7 Å². The molecule has 8 heteroatoms. The van der Waals surface area contributed by atoms with Gasteiger partial charge < -0.3 is 14.4 Å². The van der Waals surface area contributed by atoms with E-state index in [0.29, 0.717) is 18.0 Å². The highest BCUT2D eigenvalue weighted by atomic mass is 19.4. The molecule has 5 nitrogen and oxygen atoms in total. The van der Waals surface area contributed by atoms with E-state index in [2.05, 4.69) is 16.9 Å². The summed E-state index contributed by atoms with van der Waals surface area (Å²) in [4.78, 5) is 9.00. The van der Waals surface area contributed by atoms with E-state index in [0.717, 1.165) is 31.9 Å². The minimum atomic E-state index is -4.59. The zero-order valence-electron chi connectivity index (χ0n) is 16.4. The van der Waals surface area contributed by atoms with Crippen molar-refractivity contribution in [1.82, 2.24) is 9.97 Å². The molecule has 0 radical (unpaired) electrons. The summed E-state index contributed by atoms with van der Waals surface area (Å²) in [5.74, 6) is 0.221. The number of hydrogen-bond acceptors (Lipinski definition) is 5. The Morgan fingerprint density at radius 3 is 2.46 bits per heavy atom. The molecule has 0 unspecified atom stereocenters. The number of ether oxygens (including phenoxy) is 2. The van der Waals surface area contributed by atoms with Crippen LogP contribution in [0.15, 0.2) is 30.5 Å². The minimum Gasteiger partial charge on any atom is -0.491 e. The van der Waals surface area contributed by atoms with Crippen molar-refractivity contribution in [3.8, 4) is 11.8 Å². The van der Waals surface area contributed by atoms with Gasteiger partial charge in [-0.25, -0.2) is 4.98 Å². The molecule has 2 rings (SSSR count). The summed E-state index contributed by atoms with van der Waals surface area (Å²) in [5.41, 5.74) is -0.444. The number of benzene rings is 1. The summed E-state index contributed by atoms with van der Waals surface area (Å²) in [5, 5.41) is 0. The zero-order chi connectivity index (χ0) is 20.6. The van der Waals surface area contributed by atoms with E-state index in [4.69, 9.17) is 9.47 Å². The maximum atomic E-state index is 13.5. The highest BCUT2D eigenvalue weighted by Crippen LogP contribution is 2.40. The van der Waals surface area contributed by atoms with Crippen LogP contribution >= 0.6 is 0 Å². The Morgan fingerprint density at radius 2 is 1.79 bits per heavy atom. The van der Waals surface area contributed by atoms with Crippen LogP contribution in [0.5, 0.6) is 11.8 Å². The Labute approximate surface area is 163 Å². The van der Waals surface area contributed by atoms with Gasteiger partial charge in [0.25, 0.3) is 0 Å². The number of aromatic nitrogens is 2. The van der Waals surface area contributed by atoms with E-state index in [-0.39, 0.29) is 18.4 Å². The first kappa shape index (κ1) is 21.8. The van der Waals surface area contributed by atoms with Gasteiger partial charge in [0.15, 0.2) is 5.82 Å². The summed E-state index contributed by atoms with van der Waals surface area (Å²) in [6, 6.07) is 6.87. The largest absolute Gasteiger partial charge is 0.491 e.